The molecule has 0 unspecified atom stereocenters. The number of hydrogen-bond acceptors (Lipinski definition) is 7. The van der Waals surface area contributed by atoms with Crippen LogP contribution in [0.3, 0.4) is 0 Å². The highest BCUT2D eigenvalue weighted by Crippen LogP contribution is 2.37. The third-order valence-electron chi connectivity index (χ3n) is 4.95. The molecule has 13 heteroatoms. The van der Waals surface area contributed by atoms with Gasteiger partial charge in [-0.1, -0.05) is 11.6 Å². The van der Waals surface area contributed by atoms with E-state index in [1.54, 1.807) is 36.4 Å². The van der Waals surface area contributed by atoms with Crippen LogP contribution < -0.4 is 15.4 Å². The molecule has 0 spiro atoms. The van der Waals surface area contributed by atoms with Crippen molar-refractivity contribution in [2.24, 2.45) is 0 Å². The van der Waals surface area contributed by atoms with Crippen LogP contribution in [0, 0.1) is 0 Å². The zero-order chi connectivity index (χ0) is 24.8. The minimum atomic E-state index is -3.05. The molecule has 0 atom stereocenters. The Morgan fingerprint density at radius 1 is 1.29 bits per heavy atom. The van der Waals surface area contributed by atoms with Crippen LogP contribution in [-0.4, -0.2) is 63.7 Å². The van der Waals surface area contributed by atoms with E-state index in [9.17, 15) is 13.6 Å². The summed E-state index contributed by atoms with van der Waals surface area (Å²) in [5.41, 5.74) is 1.31. The van der Waals surface area contributed by atoms with Crippen molar-refractivity contribution in [3.63, 3.8) is 0 Å². The first-order valence-corrected chi connectivity index (χ1v) is 11.0. The Morgan fingerprint density at radius 3 is 2.94 bits per heavy atom. The highest BCUT2D eigenvalue weighted by atomic mass is 35.5. The second kappa shape index (κ2) is 11.2. The van der Waals surface area contributed by atoms with Crippen LogP contribution in [0.25, 0.3) is 16.9 Å². The Bertz CT molecular complexity index is 1310. The summed E-state index contributed by atoms with van der Waals surface area (Å²) in [6, 6.07) is 5.90. The van der Waals surface area contributed by atoms with E-state index in [0.29, 0.717) is 36.9 Å². The van der Waals surface area contributed by atoms with Gasteiger partial charge in [0, 0.05) is 49.4 Å². The summed E-state index contributed by atoms with van der Waals surface area (Å²) in [6.07, 6.45) is 6.22. The van der Waals surface area contributed by atoms with Gasteiger partial charge in [0.05, 0.1) is 25.0 Å². The molecule has 0 aliphatic carbocycles. The molecule has 0 fully saturated rings. The molecule has 35 heavy (non-hydrogen) atoms. The van der Waals surface area contributed by atoms with Crippen LogP contribution in [0.15, 0.2) is 49.1 Å². The monoisotopic (exact) mass is 505 g/mol. The van der Waals surface area contributed by atoms with Crippen molar-refractivity contribution in [3.05, 3.63) is 59.6 Å². The molecule has 1 amide bonds. The second-order valence-corrected chi connectivity index (χ2v) is 7.75. The quantitative estimate of drug-likeness (QED) is 0.301. The van der Waals surface area contributed by atoms with Crippen LogP contribution in [0.1, 0.15) is 10.4 Å². The Morgan fingerprint density at radius 2 is 2.14 bits per heavy atom. The van der Waals surface area contributed by atoms with Gasteiger partial charge in [0.15, 0.2) is 5.65 Å². The molecule has 0 bridgehead atoms. The molecule has 2 N–H and O–H groups in total. The molecule has 1 aromatic carbocycles. The predicted molar refractivity (Wildman–Crippen MR) is 125 cm³/mol. The number of aromatic nitrogens is 5. The molecule has 0 radical (unpaired) electrons. The fourth-order valence-corrected chi connectivity index (χ4v) is 3.55. The van der Waals surface area contributed by atoms with Crippen molar-refractivity contribution in [3.8, 4) is 17.0 Å². The third-order valence-corrected chi connectivity index (χ3v) is 5.18. The number of ether oxygens (including phenoxy) is 2. The Hall–Kier alpha value is -3.61. The maximum Gasteiger partial charge on any atom is 0.387 e. The summed E-state index contributed by atoms with van der Waals surface area (Å²) < 4.78 is 38.8. The van der Waals surface area contributed by atoms with Crippen LogP contribution in [0.5, 0.6) is 5.75 Å². The van der Waals surface area contributed by atoms with Crippen LogP contribution >= 0.6 is 11.6 Å². The molecule has 0 saturated heterocycles. The number of fused-ring (bicyclic) bond motifs is 1. The summed E-state index contributed by atoms with van der Waals surface area (Å²) >= 11 is 6.14. The van der Waals surface area contributed by atoms with Crippen molar-refractivity contribution >= 4 is 28.8 Å². The summed E-state index contributed by atoms with van der Waals surface area (Å²) in [5, 5.41) is 14.9. The first-order chi connectivity index (χ1) is 17.0. The van der Waals surface area contributed by atoms with E-state index < -0.39 is 12.5 Å². The van der Waals surface area contributed by atoms with Crippen molar-refractivity contribution < 1.29 is 23.0 Å². The summed E-state index contributed by atoms with van der Waals surface area (Å²) in [6.45, 7) is -0.848. The minimum absolute atomic E-state index is 0.124. The average Bonchev–Trinajstić information content (AvgIpc) is 3.44. The van der Waals surface area contributed by atoms with Gasteiger partial charge in [0.1, 0.15) is 17.0 Å². The first kappa shape index (κ1) is 24.5. The lowest BCUT2D eigenvalue weighted by Crippen LogP contribution is -2.23. The number of nitrogens with one attached hydrogen (secondary N) is 2. The van der Waals surface area contributed by atoms with E-state index in [4.69, 9.17) is 16.3 Å². The van der Waals surface area contributed by atoms with E-state index in [-0.39, 0.29) is 28.3 Å². The van der Waals surface area contributed by atoms with Gasteiger partial charge in [-0.3, -0.25) is 9.48 Å². The molecular weight excluding hydrogens is 484 g/mol. The van der Waals surface area contributed by atoms with Crippen molar-refractivity contribution in [2.45, 2.75) is 13.2 Å². The van der Waals surface area contributed by atoms with Gasteiger partial charge in [-0.15, -0.1) is 0 Å². The van der Waals surface area contributed by atoms with Gasteiger partial charge in [-0.25, -0.2) is 9.50 Å². The Kier molecular flexibility index (Phi) is 7.85. The van der Waals surface area contributed by atoms with Crippen LogP contribution in [-0.2, 0) is 11.3 Å². The molecule has 3 aromatic heterocycles. The third kappa shape index (κ3) is 5.91. The Balaban J connectivity index is 1.67. The number of amides is 1. The van der Waals surface area contributed by atoms with Gasteiger partial charge < -0.3 is 20.1 Å². The topological polar surface area (TPSA) is 108 Å². The van der Waals surface area contributed by atoms with Gasteiger partial charge in [0.2, 0.25) is 0 Å². The fraction of sp³-hybridized carbons (Fsp3) is 0.273. The molecule has 0 aliphatic heterocycles. The van der Waals surface area contributed by atoms with Gasteiger partial charge >= 0.3 is 6.61 Å². The Labute approximate surface area is 203 Å². The number of carbonyl (C=O) groups is 1. The summed E-state index contributed by atoms with van der Waals surface area (Å²) in [4.78, 5) is 17.3. The maximum absolute atomic E-state index is 13.1. The molecule has 10 nitrogen and oxygen atoms in total. The van der Waals surface area contributed by atoms with Crippen molar-refractivity contribution in [2.75, 3.05) is 32.1 Å². The number of alkyl halides is 2. The largest absolute Gasteiger partial charge is 0.434 e. The zero-order valence-electron chi connectivity index (χ0n) is 18.6. The van der Waals surface area contributed by atoms with Gasteiger partial charge in [-0.05, 0) is 24.3 Å². The lowest BCUT2D eigenvalue weighted by Gasteiger charge is -2.11. The van der Waals surface area contributed by atoms with E-state index in [0.717, 1.165) is 0 Å². The molecule has 0 saturated carbocycles. The van der Waals surface area contributed by atoms with Crippen LogP contribution in [0.4, 0.5) is 14.5 Å². The number of anilines is 1. The van der Waals surface area contributed by atoms with E-state index >= 15 is 0 Å². The highest BCUT2D eigenvalue weighted by Gasteiger charge is 2.22. The molecule has 184 valence electrons. The number of benzene rings is 1. The summed E-state index contributed by atoms with van der Waals surface area (Å²) in [5.74, 6) is -0.614. The molecule has 4 rings (SSSR count). The second-order valence-electron chi connectivity index (χ2n) is 7.32. The number of carbonyl (C=O) groups excluding carboxylic acids is 1. The number of halogens is 3. The normalized spacial score (nSPS) is 11.3. The standard InChI is InChI=1S/C22H22ClF2N7O3/c1-34-10-7-26-6-9-31-13-17(29-21(33)16-12-28-32-8-2-5-27-20(16)32)19(30-31)15-11-14(23)3-4-18(15)35-22(24)25/h2-5,8,11-13,22,26H,6-7,9-10H2,1H3,(H,29,33). The highest BCUT2D eigenvalue weighted by molar-refractivity contribution is 6.31. The fourth-order valence-electron chi connectivity index (χ4n) is 3.38. The average molecular weight is 506 g/mol. The van der Waals surface area contributed by atoms with E-state index in [1.807, 2.05) is 0 Å². The van der Waals surface area contributed by atoms with E-state index in [1.165, 1.54) is 28.9 Å². The predicted octanol–water partition coefficient (Wildman–Crippen LogP) is 3.34. The van der Waals surface area contributed by atoms with E-state index in [2.05, 4.69) is 30.6 Å². The number of nitrogens with zero attached hydrogens (tertiary/aromatic N) is 5. The smallest absolute Gasteiger partial charge is 0.387 e. The first-order valence-electron chi connectivity index (χ1n) is 10.6. The van der Waals surface area contributed by atoms with Gasteiger partial charge in [0.25, 0.3) is 5.91 Å². The van der Waals surface area contributed by atoms with Gasteiger partial charge in [-0.2, -0.15) is 19.0 Å². The van der Waals surface area contributed by atoms with Crippen molar-refractivity contribution in [1.82, 2.24) is 29.7 Å². The zero-order valence-corrected chi connectivity index (χ0v) is 19.4. The number of rotatable bonds is 11. The molecule has 4 aromatic rings. The lowest BCUT2D eigenvalue weighted by atomic mass is 10.1. The minimum Gasteiger partial charge on any atom is -0.434 e. The SMILES string of the molecule is COCCNCCn1cc(NC(=O)c2cnn3cccnc23)c(-c2cc(Cl)ccc2OC(F)F)n1. The molecule has 3 heterocycles. The number of hydrogen-bond donors (Lipinski definition) is 2. The maximum atomic E-state index is 13.1. The lowest BCUT2D eigenvalue weighted by molar-refractivity contribution is -0.0494. The molecule has 0 aliphatic rings. The number of methoxy groups -OCH3 is 1. The molecular formula is C22H22ClF2N7O3. The van der Waals surface area contributed by atoms with Crippen LogP contribution in [0.2, 0.25) is 5.02 Å². The van der Waals surface area contributed by atoms with Crippen molar-refractivity contribution in [1.29, 1.82) is 0 Å². The summed E-state index contributed by atoms with van der Waals surface area (Å²) in [7, 11) is 1.61.